The first-order valence-corrected chi connectivity index (χ1v) is 10.9. The molecule has 1 saturated heterocycles. The van der Waals surface area contributed by atoms with E-state index in [0.717, 1.165) is 18.0 Å². The summed E-state index contributed by atoms with van der Waals surface area (Å²) in [5.41, 5.74) is 2.38. The van der Waals surface area contributed by atoms with Crippen molar-refractivity contribution in [3.8, 4) is 0 Å². The molecule has 0 atom stereocenters. The summed E-state index contributed by atoms with van der Waals surface area (Å²) in [5.74, 6) is -3.28. The summed E-state index contributed by atoms with van der Waals surface area (Å²) in [6.45, 7) is 4.49. The number of fused-ring (bicyclic) bond motifs is 1. The summed E-state index contributed by atoms with van der Waals surface area (Å²) in [5, 5.41) is 1.18. The molecule has 0 bridgehead atoms. The number of carbonyl (C=O) groups excluding carboxylic acids is 1. The zero-order valence-electron chi connectivity index (χ0n) is 17.9. The van der Waals surface area contributed by atoms with Crippen LogP contribution in [0.1, 0.15) is 39.8 Å². The number of ether oxygens (including phenoxy) is 1. The number of aromatic nitrogens is 3. The average Bonchev–Trinajstić information content (AvgIpc) is 3.07. The maximum atomic E-state index is 13.9. The fourth-order valence-electron chi connectivity index (χ4n) is 3.82. The van der Waals surface area contributed by atoms with E-state index in [4.69, 9.17) is 27.9 Å². The topological polar surface area (TPSA) is 60.3 Å². The van der Waals surface area contributed by atoms with Gasteiger partial charge in [-0.2, -0.15) is 8.78 Å². The Morgan fingerprint density at radius 3 is 2.59 bits per heavy atom. The van der Waals surface area contributed by atoms with Gasteiger partial charge in [0.15, 0.2) is 0 Å². The molecule has 170 valence electrons. The number of halogens is 4. The summed E-state index contributed by atoms with van der Waals surface area (Å²) in [6, 6.07) is 3.27. The zero-order chi connectivity index (χ0) is 23.2. The summed E-state index contributed by atoms with van der Waals surface area (Å²) in [4.78, 5) is 23.0. The molecule has 10 heteroatoms. The normalized spacial score (nSPS) is 14.9. The lowest BCUT2D eigenvalue weighted by Gasteiger charge is -2.27. The van der Waals surface area contributed by atoms with Gasteiger partial charge in [0.1, 0.15) is 16.5 Å². The number of hydrogen-bond acceptors (Lipinski definition) is 4. The highest BCUT2D eigenvalue weighted by atomic mass is 35.5. The van der Waals surface area contributed by atoms with Crippen LogP contribution >= 0.6 is 23.2 Å². The second kappa shape index (κ2) is 8.57. The summed E-state index contributed by atoms with van der Waals surface area (Å²) in [6.07, 6.45) is 1.65. The van der Waals surface area contributed by atoms with E-state index in [-0.39, 0.29) is 33.8 Å². The van der Waals surface area contributed by atoms with E-state index in [0.29, 0.717) is 43.1 Å². The van der Waals surface area contributed by atoms with Crippen LogP contribution in [0.15, 0.2) is 18.3 Å². The molecular formula is C22H22Cl2F2N4O2. The lowest BCUT2D eigenvalue weighted by molar-refractivity contribution is 0.0130. The van der Waals surface area contributed by atoms with Gasteiger partial charge in [0.2, 0.25) is 0 Å². The van der Waals surface area contributed by atoms with Crippen molar-refractivity contribution in [3.63, 3.8) is 0 Å². The molecule has 0 spiro atoms. The zero-order valence-corrected chi connectivity index (χ0v) is 19.4. The third-order valence-electron chi connectivity index (χ3n) is 5.70. The smallest absolute Gasteiger partial charge is 0.287 e. The third-order valence-corrected chi connectivity index (χ3v) is 6.46. The first-order valence-electron chi connectivity index (χ1n) is 10.1. The number of rotatable bonds is 4. The summed E-state index contributed by atoms with van der Waals surface area (Å²) in [7, 11) is 1.75. The van der Waals surface area contributed by atoms with Gasteiger partial charge in [0.05, 0.1) is 23.8 Å². The molecular weight excluding hydrogens is 461 g/mol. The Morgan fingerprint density at radius 1 is 1.25 bits per heavy atom. The van der Waals surface area contributed by atoms with Crippen molar-refractivity contribution in [1.82, 2.24) is 19.4 Å². The number of hydrogen-bond donors (Lipinski definition) is 0. The molecule has 1 aliphatic rings. The van der Waals surface area contributed by atoms with Gasteiger partial charge in [0, 0.05) is 56.3 Å². The van der Waals surface area contributed by atoms with Crippen LogP contribution in [0.25, 0.3) is 11.0 Å². The number of amides is 1. The van der Waals surface area contributed by atoms with Gasteiger partial charge in [-0.15, -0.1) is 0 Å². The first kappa shape index (κ1) is 22.9. The SMILES string of the molecule is Cc1cc(C(C)(F)F)nc2c1cc(Cc1c(Cl)ncc(C(=O)N3CCOCC3)c1Cl)n2C. The van der Waals surface area contributed by atoms with Crippen LogP contribution in [0.5, 0.6) is 0 Å². The predicted octanol–water partition coefficient (Wildman–Crippen LogP) is 4.76. The Labute approximate surface area is 194 Å². The van der Waals surface area contributed by atoms with E-state index in [1.807, 2.05) is 6.07 Å². The number of nitrogens with zero attached hydrogens (tertiary/aromatic N) is 4. The van der Waals surface area contributed by atoms with Crippen molar-refractivity contribution in [2.75, 3.05) is 26.3 Å². The molecule has 3 aromatic heterocycles. The first-order chi connectivity index (χ1) is 15.1. The molecule has 4 rings (SSSR count). The van der Waals surface area contributed by atoms with Crippen molar-refractivity contribution < 1.29 is 18.3 Å². The molecule has 0 unspecified atom stereocenters. The number of alkyl halides is 2. The average molecular weight is 483 g/mol. The third kappa shape index (κ3) is 4.19. The van der Waals surface area contributed by atoms with Crippen LogP contribution in [0.2, 0.25) is 10.2 Å². The monoisotopic (exact) mass is 482 g/mol. The minimum Gasteiger partial charge on any atom is -0.378 e. The molecule has 0 saturated carbocycles. The highest BCUT2D eigenvalue weighted by Gasteiger charge is 2.28. The Kier molecular flexibility index (Phi) is 6.13. The van der Waals surface area contributed by atoms with Crippen LogP contribution in [-0.2, 0) is 24.1 Å². The Balaban J connectivity index is 1.73. The van der Waals surface area contributed by atoms with Crippen molar-refractivity contribution >= 4 is 40.1 Å². The van der Waals surface area contributed by atoms with E-state index < -0.39 is 5.92 Å². The van der Waals surface area contributed by atoms with Crippen molar-refractivity contribution in [2.24, 2.45) is 7.05 Å². The van der Waals surface area contributed by atoms with Gasteiger partial charge < -0.3 is 14.2 Å². The molecule has 0 aliphatic carbocycles. The molecule has 0 radical (unpaired) electrons. The predicted molar refractivity (Wildman–Crippen MR) is 119 cm³/mol. The molecule has 3 aromatic rings. The van der Waals surface area contributed by atoms with E-state index >= 15 is 0 Å². The fourth-order valence-corrected chi connectivity index (χ4v) is 4.36. The molecule has 4 heterocycles. The van der Waals surface area contributed by atoms with E-state index in [9.17, 15) is 13.6 Å². The Morgan fingerprint density at radius 2 is 1.94 bits per heavy atom. The number of morpholine rings is 1. The molecule has 1 aliphatic heterocycles. The van der Waals surface area contributed by atoms with Crippen LogP contribution < -0.4 is 0 Å². The number of carbonyl (C=O) groups is 1. The standard InChI is InChI=1S/C22H22Cl2F2N4O2/c1-12-8-17(22(2,25)26)28-20-14(12)9-13(29(20)3)10-15-18(23)16(11-27-19(15)24)21(31)30-4-6-32-7-5-30/h8-9,11H,4-7,10H2,1-3H3. The maximum absolute atomic E-state index is 13.9. The molecule has 6 nitrogen and oxygen atoms in total. The van der Waals surface area contributed by atoms with Crippen LogP contribution in [-0.4, -0.2) is 51.6 Å². The van der Waals surface area contributed by atoms with Gasteiger partial charge in [0.25, 0.3) is 11.8 Å². The van der Waals surface area contributed by atoms with Crippen LogP contribution in [0.3, 0.4) is 0 Å². The summed E-state index contributed by atoms with van der Waals surface area (Å²) < 4.78 is 34.8. The fraction of sp³-hybridized carbons (Fsp3) is 0.409. The lowest BCUT2D eigenvalue weighted by atomic mass is 10.1. The van der Waals surface area contributed by atoms with E-state index in [2.05, 4.69) is 9.97 Å². The molecule has 0 N–H and O–H groups in total. The van der Waals surface area contributed by atoms with Crippen LogP contribution in [0, 0.1) is 6.92 Å². The Bertz CT molecular complexity index is 1200. The molecule has 32 heavy (non-hydrogen) atoms. The molecule has 0 aromatic carbocycles. The molecule has 1 fully saturated rings. The van der Waals surface area contributed by atoms with E-state index in [1.54, 1.807) is 23.4 Å². The minimum absolute atomic E-state index is 0.184. The maximum Gasteiger partial charge on any atom is 0.287 e. The number of pyridine rings is 2. The second-order valence-electron chi connectivity index (χ2n) is 7.98. The van der Waals surface area contributed by atoms with Gasteiger partial charge in [-0.3, -0.25) is 4.79 Å². The molecule has 1 amide bonds. The van der Waals surface area contributed by atoms with Crippen molar-refractivity contribution in [3.05, 3.63) is 56.6 Å². The van der Waals surface area contributed by atoms with Gasteiger partial charge in [-0.1, -0.05) is 23.2 Å². The van der Waals surface area contributed by atoms with Crippen LogP contribution in [0.4, 0.5) is 8.78 Å². The van der Waals surface area contributed by atoms with Gasteiger partial charge >= 0.3 is 0 Å². The summed E-state index contributed by atoms with van der Waals surface area (Å²) >= 11 is 13.0. The van der Waals surface area contributed by atoms with Gasteiger partial charge in [-0.05, 0) is 24.6 Å². The number of aryl methyl sites for hydroxylation is 2. The van der Waals surface area contributed by atoms with E-state index in [1.165, 1.54) is 12.3 Å². The van der Waals surface area contributed by atoms with Crippen molar-refractivity contribution in [1.29, 1.82) is 0 Å². The quantitative estimate of drug-likeness (QED) is 0.503. The second-order valence-corrected chi connectivity index (χ2v) is 8.72. The van der Waals surface area contributed by atoms with Gasteiger partial charge in [-0.25, -0.2) is 9.97 Å². The minimum atomic E-state index is -3.05. The largest absolute Gasteiger partial charge is 0.378 e. The highest BCUT2D eigenvalue weighted by molar-refractivity contribution is 6.37. The van der Waals surface area contributed by atoms with Crippen molar-refractivity contribution in [2.45, 2.75) is 26.2 Å². The highest BCUT2D eigenvalue weighted by Crippen LogP contribution is 2.33. The lowest BCUT2D eigenvalue weighted by Crippen LogP contribution is -2.40. The Hall–Kier alpha value is -2.29.